The SMILES string of the molecule is CCCCOCC(O)CCc1ccc(/C=C/c2ccccc2)cc1. The Balaban J connectivity index is 1.74. The molecular weight excluding hydrogens is 296 g/mol. The molecule has 2 rings (SSSR count). The van der Waals surface area contributed by atoms with Crippen molar-refractivity contribution in [3.63, 3.8) is 0 Å². The normalized spacial score (nSPS) is 12.6. The fraction of sp³-hybridized carbons (Fsp3) is 0.364. The highest BCUT2D eigenvalue weighted by atomic mass is 16.5. The van der Waals surface area contributed by atoms with Gasteiger partial charge in [-0.25, -0.2) is 0 Å². The average Bonchev–Trinajstić information content (AvgIpc) is 2.63. The standard InChI is InChI=1S/C22H28O2/c1-2-3-17-24-18-22(23)16-15-21-13-11-20(12-14-21)10-9-19-7-5-4-6-8-19/h4-14,22-23H,2-3,15-18H2,1H3/b10-9+. The van der Waals surface area contributed by atoms with Gasteiger partial charge in [-0.05, 0) is 36.0 Å². The molecule has 0 heterocycles. The minimum absolute atomic E-state index is 0.375. The number of unbranched alkanes of at least 4 members (excludes halogenated alkanes) is 1. The van der Waals surface area contributed by atoms with Crippen molar-refractivity contribution >= 4 is 12.2 Å². The topological polar surface area (TPSA) is 29.5 Å². The number of rotatable bonds is 10. The maximum absolute atomic E-state index is 9.94. The molecule has 0 aliphatic carbocycles. The van der Waals surface area contributed by atoms with Gasteiger partial charge in [0.25, 0.3) is 0 Å². The fourth-order valence-electron chi connectivity index (χ4n) is 2.43. The third-order valence-corrected chi connectivity index (χ3v) is 3.97. The lowest BCUT2D eigenvalue weighted by atomic mass is 10.0. The van der Waals surface area contributed by atoms with Crippen LogP contribution in [0.15, 0.2) is 54.6 Å². The van der Waals surface area contributed by atoms with E-state index in [0.717, 1.165) is 32.3 Å². The highest BCUT2D eigenvalue weighted by molar-refractivity contribution is 5.69. The summed E-state index contributed by atoms with van der Waals surface area (Å²) in [5.41, 5.74) is 3.64. The Labute approximate surface area is 145 Å². The third-order valence-electron chi connectivity index (χ3n) is 3.97. The summed E-state index contributed by atoms with van der Waals surface area (Å²) >= 11 is 0. The second-order valence-corrected chi connectivity index (χ2v) is 6.11. The second kappa shape index (κ2) is 10.8. The fourth-order valence-corrected chi connectivity index (χ4v) is 2.43. The zero-order chi connectivity index (χ0) is 17.0. The van der Waals surface area contributed by atoms with E-state index in [1.807, 2.05) is 18.2 Å². The monoisotopic (exact) mass is 324 g/mol. The van der Waals surface area contributed by atoms with Crippen LogP contribution in [0.1, 0.15) is 42.9 Å². The van der Waals surface area contributed by atoms with Crippen molar-refractivity contribution in [3.8, 4) is 0 Å². The number of aliphatic hydroxyl groups is 1. The zero-order valence-corrected chi connectivity index (χ0v) is 14.5. The molecule has 1 unspecified atom stereocenters. The van der Waals surface area contributed by atoms with E-state index in [1.165, 1.54) is 16.7 Å². The van der Waals surface area contributed by atoms with Crippen molar-refractivity contribution in [2.75, 3.05) is 13.2 Å². The van der Waals surface area contributed by atoms with Crippen LogP contribution in [-0.4, -0.2) is 24.4 Å². The zero-order valence-electron chi connectivity index (χ0n) is 14.5. The van der Waals surface area contributed by atoms with E-state index in [-0.39, 0.29) is 6.10 Å². The molecule has 24 heavy (non-hydrogen) atoms. The second-order valence-electron chi connectivity index (χ2n) is 6.11. The van der Waals surface area contributed by atoms with E-state index < -0.39 is 0 Å². The first-order valence-electron chi connectivity index (χ1n) is 8.86. The van der Waals surface area contributed by atoms with Crippen molar-refractivity contribution in [2.45, 2.75) is 38.7 Å². The van der Waals surface area contributed by atoms with Crippen LogP contribution in [0.5, 0.6) is 0 Å². The van der Waals surface area contributed by atoms with Crippen LogP contribution in [0.2, 0.25) is 0 Å². The maximum Gasteiger partial charge on any atom is 0.0776 e. The van der Waals surface area contributed by atoms with Crippen LogP contribution in [0.4, 0.5) is 0 Å². The Hall–Kier alpha value is -1.90. The van der Waals surface area contributed by atoms with Gasteiger partial charge < -0.3 is 9.84 Å². The van der Waals surface area contributed by atoms with Gasteiger partial charge in [0.15, 0.2) is 0 Å². The van der Waals surface area contributed by atoms with Crippen molar-refractivity contribution < 1.29 is 9.84 Å². The third kappa shape index (κ3) is 7.12. The van der Waals surface area contributed by atoms with Crippen molar-refractivity contribution in [1.29, 1.82) is 0 Å². The summed E-state index contributed by atoms with van der Waals surface area (Å²) in [5.74, 6) is 0. The number of hydrogen-bond donors (Lipinski definition) is 1. The van der Waals surface area contributed by atoms with Crippen LogP contribution in [0.3, 0.4) is 0 Å². The first-order chi connectivity index (χ1) is 11.8. The van der Waals surface area contributed by atoms with Gasteiger partial charge in [0.1, 0.15) is 0 Å². The summed E-state index contributed by atoms with van der Waals surface area (Å²) in [6.45, 7) is 3.33. The molecule has 0 radical (unpaired) electrons. The van der Waals surface area contributed by atoms with Gasteiger partial charge in [-0.2, -0.15) is 0 Å². The Morgan fingerprint density at radius 2 is 1.62 bits per heavy atom. The number of benzene rings is 2. The van der Waals surface area contributed by atoms with E-state index in [2.05, 4.69) is 55.5 Å². The molecule has 0 aromatic heterocycles. The molecule has 1 atom stereocenters. The van der Waals surface area contributed by atoms with Crippen LogP contribution < -0.4 is 0 Å². The summed E-state index contributed by atoms with van der Waals surface area (Å²) in [4.78, 5) is 0. The van der Waals surface area contributed by atoms with Gasteiger partial charge in [0, 0.05) is 6.61 Å². The molecule has 2 aromatic carbocycles. The van der Waals surface area contributed by atoms with Crippen LogP contribution in [0.25, 0.3) is 12.2 Å². The summed E-state index contributed by atoms with van der Waals surface area (Å²) in [7, 11) is 0. The summed E-state index contributed by atoms with van der Waals surface area (Å²) in [6, 6.07) is 18.8. The van der Waals surface area contributed by atoms with E-state index in [4.69, 9.17) is 4.74 Å². The molecule has 0 aliphatic heterocycles. The van der Waals surface area contributed by atoms with Crippen molar-refractivity contribution in [1.82, 2.24) is 0 Å². The van der Waals surface area contributed by atoms with Crippen LogP contribution >= 0.6 is 0 Å². The molecular formula is C22H28O2. The Bertz CT molecular complexity index is 587. The smallest absolute Gasteiger partial charge is 0.0776 e. The maximum atomic E-state index is 9.94. The molecule has 2 aromatic rings. The van der Waals surface area contributed by atoms with Gasteiger partial charge in [-0.15, -0.1) is 0 Å². The van der Waals surface area contributed by atoms with E-state index in [0.29, 0.717) is 6.61 Å². The van der Waals surface area contributed by atoms with E-state index >= 15 is 0 Å². The van der Waals surface area contributed by atoms with Gasteiger partial charge in [-0.1, -0.05) is 80.1 Å². The molecule has 0 aliphatic rings. The number of ether oxygens (including phenoxy) is 1. The molecule has 2 nitrogen and oxygen atoms in total. The predicted octanol–water partition coefficient (Wildman–Crippen LogP) is 4.97. The van der Waals surface area contributed by atoms with Gasteiger partial charge >= 0.3 is 0 Å². The average molecular weight is 324 g/mol. The van der Waals surface area contributed by atoms with E-state index in [1.54, 1.807) is 0 Å². The lowest BCUT2D eigenvalue weighted by molar-refractivity contribution is 0.0317. The highest BCUT2D eigenvalue weighted by Crippen LogP contribution is 2.12. The molecule has 0 fully saturated rings. The molecule has 0 bridgehead atoms. The Morgan fingerprint density at radius 3 is 2.29 bits per heavy atom. The summed E-state index contributed by atoms with van der Waals surface area (Å²) < 4.78 is 5.46. The molecule has 0 spiro atoms. The first kappa shape index (κ1) is 18.4. The Morgan fingerprint density at radius 1 is 0.958 bits per heavy atom. The van der Waals surface area contributed by atoms with Gasteiger partial charge in [0.2, 0.25) is 0 Å². The van der Waals surface area contributed by atoms with Gasteiger partial charge in [-0.3, -0.25) is 0 Å². The number of aryl methyl sites for hydroxylation is 1. The highest BCUT2D eigenvalue weighted by Gasteiger charge is 2.04. The predicted molar refractivity (Wildman–Crippen MR) is 102 cm³/mol. The molecule has 128 valence electrons. The molecule has 0 amide bonds. The Kier molecular flexibility index (Phi) is 8.29. The largest absolute Gasteiger partial charge is 0.391 e. The summed E-state index contributed by atoms with van der Waals surface area (Å²) in [6.07, 6.45) is 7.67. The first-order valence-corrected chi connectivity index (χ1v) is 8.86. The molecule has 1 N–H and O–H groups in total. The van der Waals surface area contributed by atoms with Gasteiger partial charge in [0.05, 0.1) is 12.7 Å². The van der Waals surface area contributed by atoms with Crippen LogP contribution in [0, 0.1) is 0 Å². The minimum Gasteiger partial charge on any atom is -0.391 e. The van der Waals surface area contributed by atoms with Crippen molar-refractivity contribution in [2.24, 2.45) is 0 Å². The minimum atomic E-state index is -0.375. The molecule has 0 saturated heterocycles. The molecule has 2 heteroatoms. The number of aliphatic hydroxyl groups excluding tert-OH is 1. The lowest BCUT2D eigenvalue weighted by Crippen LogP contribution is -2.16. The van der Waals surface area contributed by atoms with E-state index in [9.17, 15) is 5.11 Å². The van der Waals surface area contributed by atoms with Crippen molar-refractivity contribution in [3.05, 3.63) is 71.3 Å². The summed E-state index contributed by atoms with van der Waals surface area (Å²) in [5, 5.41) is 9.94. The molecule has 0 saturated carbocycles. The number of hydrogen-bond acceptors (Lipinski definition) is 2. The quantitative estimate of drug-likeness (QED) is 0.494. The van der Waals surface area contributed by atoms with Crippen LogP contribution in [-0.2, 0) is 11.2 Å². The lowest BCUT2D eigenvalue weighted by Gasteiger charge is -2.11.